The van der Waals surface area contributed by atoms with E-state index in [-0.39, 0.29) is 5.88 Å². The highest BCUT2D eigenvalue weighted by molar-refractivity contribution is 5.98. The molecule has 3 rings (SSSR count). The normalized spacial score (nSPS) is 14.6. The molecule has 1 aromatic carbocycles. The van der Waals surface area contributed by atoms with E-state index in [1.54, 1.807) is 12.1 Å². The number of alkyl halides is 3. The molecule has 0 radical (unpaired) electrons. The van der Waals surface area contributed by atoms with Crippen LogP contribution in [0.1, 0.15) is 35.5 Å². The number of aromatic amines is 1. The van der Waals surface area contributed by atoms with Gasteiger partial charge in [0, 0.05) is 19.1 Å². The van der Waals surface area contributed by atoms with Crippen LogP contribution in [-0.2, 0) is 22.5 Å². The van der Waals surface area contributed by atoms with Crippen molar-refractivity contribution >= 4 is 11.9 Å². The summed E-state index contributed by atoms with van der Waals surface area (Å²) in [5, 5.41) is 8.92. The van der Waals surface area contributed by atoms with Crippen LogP contribution < -0.4 is 4.74 Å². The fraction of sp³-hybridized carbons (Fsp3) is 0.412. The molecule has 2 heterocycles. The summed E-state index contributed by atoms with van der Waals surface area (Å²) in [6.07, 6.45) is -4.50. The van der Waals surface area contributed by atoms with Gasteiger partial charge in [-0.3, -0.25) is 4.90 Å². The minimum Gasteiger partial charge on any atom is -0.436 e. The van der Waals surface area contributed by atoms with Crippen molar-refractivity contribution in [2.45, 2.75) is 39.0 Å². The molecule has 0 saturated heterocycles. The molecule has 0 saturated carbocycles. The number of carbonyl (C=O) groups excluding carboxylic acids is 2. The number of nitrogens with one attached hydrogen (secondary N) is 1. The monoisotopic (exact) mass is 398 g/mol. The fourth-order valence-electron chi connectivity index (χ4n) is 2.78. The topological polar surface area (TPSA) is 97.4 Å². The first kappa shape index (κ1) is 19.8. The number of carbonyl (C=O) groups is 2. The van der Waals surface area contributed by atoms with Gasteiger partial charge in [-0.2, -0.15) is 13.2 Å². The van der Waals surface area contributed by atoms with Gasteiger partial charge in [-0.25, -0.2) is 14.7 Å². The number of fused-ring (bicyclic) bond motifs is 1. The van der Waals surface area contributed by atoms with Gasteiger partial charge in [0.15, 0.2) is 0 Å². The van der Waals surface area contributed by atoms with E-state index < -0.39 is 23.8 Å². The quantitative estimate of drug-likeness (QED) is 0.625. The molecule has 0 unspecified atom stereocenters. The molecule has 0 fully saturated rings. The SMILES string of the molecule is CC(C)N1CCc2cc(Oc3nn[nH]c3C(=O)OC(=O)C(F)(F)F)ccc2C1. The van der Waals surface area contributed by atoms with E-state index in [2.05, 4.69) is 38.9 Å². The standard InChI is InChI=1S/C17H17F3N4O4/c1-9(2)24-6-5-10-7-12(4-3-11(10)8-24)27-14-13(21-23-22-14)15(25)28-16(26)17(18,19)20/h3-4,7,9H,5-6,8H2,1-2H3,(H,21,22,23). The number of rotatable bonds is 4. The van der Waals surface area contributed by atoms with Gasteiger partial charge < -0.3 is 9.47 Å². The number of esters is 2. The first-order valence-corrected chi connectivity index (χ1v) is 8.43. The molecule has 11 heteroatoms. The molecule has 1 N–H and O–H groups in total. The number of aromatic nitrogens is 3. The van der Waals surface area contributed by atoms with E-state index >= 15 is 0 Å². The predicted octanol–water partition coefficient (Wildman–Crippen LogP) is 2.61. The van der Waals surface area contributed by atoms with Gasteiger partial charge >= 0.3 is 18.1 Å². The van der Waals surface area contributed by atoms with Gasteiger partial charge in [-0.1, -0.05) is 16.4 Å². The van der Waals surface area contributed by atoms with Gasteiger partial charge in [0.25, 0.3) is 5.88 Å². The van der Waals surface area contributed by atoms with Crippen molar-refractivity contribution < 1.29 is 32.2 Å². The maximum Gasteiger partial charge on any atom is 0.491 e. The van der Waals surface area contributed by atoms with Crippen molar-refractivity contribution in [2.75, 3.05) is 6.54 Å². The highest BCUT2D eigenvalue weighted by Gasteiger charge is 2.43. The highest BCUT2D eigenvalue weighted by Crippen LogP contribution is 2.28. The van der Waals surface area contributed by atoms with Crippen molar-refractivity contribution in [1.82, 2.24) is 20.3 Å². The Morgan fingerprint density at radius 3 is 2.68 bits per heavy atom. The van der Waals surface area contributed by atoms with Crippen LogP contribution in [0, 0.1) is 0 Å². The number of ether oxygens (including phenoxy) is 2. The first-order chi connectivity index (χ1) is 13.1. The Kier molecular flexibility index (Phi) is 5.36. The second kappa shape index (κ2) is 7.58. The molecular weight excluding hydrogens is 381 g/mol. The van der Waals surface area contributed by atoms with E-state index in [1.807, 2.05) is 6.07 Å². The third-order valence-corrected chi connectivity index (χ3v) is 4.30. The number of halogens is 3. The zero-order valence-electron chi connectivity index (χ0n) is 15.0. The summed E-state index contributed by atoms with van der Waals surface area (Å²) in [4.78, 5) is 24.9. The Morgan fingerprint density at radius 2 is 2.00 bits per heavy atom. The number of hydrogen-bond acceptors (Lipinski definition) is 7. The van der Waals surface area contributed by atoms with Crippen LogP contribution in [0.4, 0.5) is 13.2 Å². The highest BCUT2D eigenvalue weighted by atomic mass is 19.4. The Morgan fingerprint density at radius 1 is 1.25 bits per heavy atom. The van der Waals surface area contributed by atoms with Crippen LogP contribution in [0.25, 0.3) is 0 Å². The molecule has 1 aliphatic heterocycles. The zero-order valence-corrected chi connectivity index (χ0v) is 15.0. The Bertz CT molecular complexity index is 895. The van der Waals surface area contributed by atoms with Crippen molar-refractivity contribution in [3.63, 3.8) is 0 Å². The summed E-state index contributed by atoms with van der Waals surface area (Å²) < 4.78 is 45.9. The number of benzene rings is 1. The van der Waals surface area contributed by atoms with Gasteiger partial charge in [0.2, 0.25) is 5.69 Å². The lowest BCUT2D eigenvalue weighted by molar-refractivity contribution is -0.193. The Balaban J connectivity index is 1.73. The van der Waals surface area contributed by atoms with Gasteiger partial charge in [-0.05, 0) is 43.5 Å². The zero-order chi connectivity index (χ0) is 20.5. The lowest BCUT2D eigenvalue weighted by Gasteiger charge is -2.32. The smallest absolute Gasteiger partial charge is 0.436 e. The van der Waals surface area contributed by atoms with Crippen molar-refractivity contribution in [2.24, 2.45) is 0 Å². The molecule has 0 aliphatic carbocycles. The van der Waals surface area contributed by atoms with E-state index in [9.17, 15) is 22.8 Å². The Hall–Kier alpha value is -2.95. The molecule has 0 bridgehead atoms. The van der Waals surface area contributed by atoms with Crippen LogP contribution in [0.15, 0.2) is 18.2 Å². The summed E-state index contributed by atoms with van der Waals surface area (Å²) in [7, 11) is 0. The molecule has 1 aromatic heterocycles. The van der Waals surface area contributed by atoms with Crippen LogP contribution in [0.2, 0.25) is 0 Å². The van der Waals surface area contributed by atoms with Crippen molar-refractivity contribution in [3.8, 4) is 11.6 Å². The molecule has 0 atom stereocenters. The predicted molar refractivity (Wildman–Crippen MR) is 88.6 cm³/mol. The van der Waals surface area contributed by atoms with Crippen molar-refractivity contribution in [1.29, 1.82) is 0 Å². The summed E-state index contributed by atoms with van der Waals surface area (Å²) in [5.74, 6) is -4.28. The minimum atomic E-state index is -5.30. The summed E-state index contributed by atoms with van der Waals surface area (Å²) >= 11 is 0. The lowest BCUT2D eigenvalue weighted by atomic mass is 9.98. The minimum absolute atomic E-state index is 0.335. The van der Waals surface area contributed by atoms with Crippen LogP contribution in [0.3, 0.4) is 0 Å². The van der Waals surface area contributed by atoms with Crippen LogP contribution in [0.5, 0.6) is 11.6 Å². The fourth-order valence-corrected chi connectivity index (χ4v) is 2.78. The molecule has 2 aromatic rings. The van der Waals surface area contributed by atoms with Crippen LogP contribution in [-0.4, -0.2) is 51.0 Å². The summed E-state index contributed by atoms with van der Waals surface area (Å²) in [6, 6.07) is 5.74. The molecule has 28 heavy (non-hydrogen) atoms. The second-order valence-corrected chi connectivity index (χ2v) is 6.51. The second-order valence-electron chi connectivity index (χ2n) is 6.51. The van der Waals surface area contributed by atoms with E-state index in [1.165, 1.54) is 0 Å². The third-order valence-electron chi connectivity index (χ3n) is 4.30. The molecule has 0 amide bonds. The maximum atomic E-state index is 12.2. The van der Waals surface area contributed by atoms with Crippen molar-refractivity contribution in [3.05, 3.63) is 35.0 Å². The van der Waals surface area contributed by atoms with E-state index in [0.29, 0.717) is 11.8 Å². The number of nitrogens with zero attached hydrogens (tertiary/aromatic N) is 3. The summed E-state index contributed by atoms with van der Waals surface area (Å²) in [6.45, 7) is 5.93. The number of H-pyrrole nitrogens is 1. The third kappa shape index (κ3) is 4.30. The largest absolute Gasteiger partial charge is 0.491 e. The first-order valence-electron chi connectivity index (χ1n) is 8.43. The Labute approximate surface area is 157 Å². The molecule has 0 spiro atoms. The average Bonchev–Trinajstić information content (AvgIpc) is 3.08. The van der Waals surface area contributed by atoms with Gasteiger partial charge in [-0.15, -0.1) is 0 Å². The van der Waals surface area contributed by atoms with E-state index in [4.69, 9.17) is 4.74 Å². The average molecular weight is 398 g/mol. The van der Waals surface area contributed by atoms with Crippen LogP contribution >= 0.6 is 0 Å². The van der Waals surface area contributed by atoms with Gasteiger partial charge in [0.05, 0.1) is 0 Å². The van der Waals surface area contributed by atoms with E-state index in [0.717, 1.165) is 30.6 Å². The lowest BCUT2D eigenvalue weighted by Crippen LogP contribution is -2.35. The maximum absolute atomic E-state index is 12.2. The molecule has 150 valence electrons. The number of hydrogen-bond donors (Lipinski definition) is 1. The molecule has 1 aliphatic rings. The molecule has 8 nitrogen and oxygen atoms in total. The summed E-state index contributed by atoms with van der Waals surface area (Å²) in [5.41, 5.74) is 1.61. The molecular formula is C17H17F3N4O4. The van der Waals surface area contributed by atoms with Gasteiger partial charge in [0.1, 0.15) is 5.75 Å².